The number of aromatic carboxylic acids is 1. The van der Waals surface area contributed by atoms with Gasteiger partial charge in [0.1, 0.15) is 5.75 Å². The molecule has 0 saturated heterocycles. The van der Waals surface area contributed by atoms with Gasteiger partial charge in [-0.05, 0) is 64.5 Å². The number of rotatable bonds is 5. The van der Waals surface area contributed by atoms with Crippen molar-refractivity contribution in [3.63, 3.8) is 0 Å². The number of ether oxygens (including phenoxy) is 1. The van der Waals surface area contributed by atoms with Crippen LogP contribution in [0.15, 0.2) is 45.3 Å². The van der Waals surface area contributed by atoms with E-state index in [1.807, 2.05) is 0 Å². The standard InChI is InChI=1S/C16H11Br2ClN2O4S/c17-8-5-11(15(23)24)14(12(18)6-8)21-16(26)20-13(22)7-25-10-3-1-9(19)2-4-10/h1-6H,7H2,(H,23,24)(H2,20,21,22,26). The average Bonchev–Trinajstić information content (AvgIpc) is 2.56. The molecule has 10 heteroatoms. The zero-order valence-electron chi connectivity index (χ0n) is 12.9. The van der Waals surface area contributed by atoms with Crippen LogP contribution in [0, 0.1) is 0 Å². The van der Waals surface area contributed by atoms with Gasteiger partial charge in [-0.25, -0.2) is 4.79 Å². The molecule has 0 unspecified atom stereocenters. The van der Waals surface area contributed by atoms with E-state index in [1.54, 1.807) is 30.3 Å². The van der Waals surface area contributed by atoms with Crippen molar-refractivity contribution in [3.05, 3.63) is 55.9 Å². The van der Waals surface area contributed by atoms with Crippen molar-refractivity contribution in [3.8, 4) is 5.75 Å². The van der Waals surface area contributed by atoms with E-state index in [0.717, 1.165) is 0 Å². The minimum atomic E-state index is -1.14. The molecule has 2 aromatic carbocycles. The minimum Gasteiger partial charge on any atom is -0.484 e. The van der Waals surface area contributed by atoms with Crippen molar-refractivity contribution in [2.24, 2.45) is 0 Å². The molecule has 3 N–H and O–H groups in total. The molecule has 6 nitrogen and oxygen atoms in total. The molecular formula is C16H11Br2ClN2O4S. The lowest BCUT2D eigenvalue weighted by Crippen LogP contribution is -2.37. The Balaban J connectivity index is 1.97. The molecule has 0 heterocycles. The Morgan fingerprint density at radius 2 is 1.85 bits per heavy atom. The van der Waals surface area contributed by atoms with Crippen molar-refractivity contribution in [2.75, 3.05) is 11.9 Å². The molecule has 0 saturated carbocycles. The zero-order chi connectivity index (χ0) is 19.3. The van der Waals surface area contributed by atoms with E-state index in [4.69, 9.17) is 28.6 Å². The Hall–Kier alpha value is -1.68. The number of hydrogen-bond acceptors (Lipinski definition) is 4. The molecule has 0 spiro atoms. The molecule has 0 aliphatic carbocycles. The van der Waals surface area contributed by atoms with Gasteiger partial charge in [-0.15, -0.1) is 0 Å². The summed E-state index contributed by atoms with van der Waals surface area (Å²) in [6.07, 6.45) is 0. The van der Waals surface area contributed by atoms with E-state index in [1.165, 1.54) is 6.07 Å². The Bertz CT molecular complexity index is 862. The van der Waals surface area contributed by atoms with Crippen molar-refractivity contribution >= 4 is 78.4 Å². The third-order valence-corrected chi connectivity index (χ3v) is 4.50. The topological polar surface area (TPSA) is 87.7 Å². The van der Waals surface area contributed by atoms with Crippen molar-refractivity contribution < 1.29 is 19.4 Å². The molecule has 0 bridgehead atoms. The first-order chi connectivity index (χ1) is 12.3. The fourth-order valence-corrected chi connectivity index (χ4v) is 3.52. The number of hydrogen-bond donors (Lipinski definition) is 3. The predicted octanol–water partition coefficient (Wildman–Crippen LogP) is 4.46. The first kappa shape index (κ1) is 20.6. The summed E-state index contributed by atoms with van der Waals surface area (Å²) in [4.78, 5) is 23.3. The maximum atomic E-state index is 11.9. The molecule has 26 heavy (non-hydrogen) atoms. The van der Waals surface area contributed by atoms with Gasteiger partial charge < -0.3 is 15.2 Å². The number of anilines is 1. The fourth-order valence-electron chi connectivity index (χ4n) is 1.86. The smallest absolute Gasteiger partial charge is 0.337 e. The lowest BCUT2D eigenvalue weighted by Gasteiger charge is -2.14. The highest BCUT2D eigenvalue weighted by atomic mass is 79.9. The van der Waals surface area contributed by atoms with Gasteiger partial charge in [0.15, 0.2) is 11.7 Å². The number of halogens is 3. The second-order valence-electron chi connectivity index (χ2n) is 4.86. The maximum absolute atomic E-state index is 11.9. The van der Waals surface area contributed by atoms with E-state index in [-0.39, 0.29) is 23.0 Å². The van der Waals surface area contributed by atoms with Crippen LogP contribution in [-0.4, -0.2) is 28.7 Å². The molecule has 0 fully saturated rings. The second-order valence-corrected chi connectivity index (χ2v) is 7.47. The number of benzene rings is 2. The van der Waals surface area contributed by atoms with Crippen molar-refractivity contribution in [1.29, 1.82) is 0 Å². The third-order valence-electron chi connectivity index (χ3n) is 2.96. The molecule has 0 atom stereocenters. The summed E-state index contributed by atoms with van der Waals surface area (Å²) in [5.74, 6) is -1.16. The predicted molar refractivity (Wildman–Crippen MR) is 110 cm³/mol. The number of carbonyl (C=O) groups excluding carboxylic acids is 1. The van der Waals surface area contributed by atoms with Crippen LogP contribution in [0.1, 0.15) is 10.4 Å². The first-order valence-electron chi connectivity index (χ1n) is 6.98. The number of carboxylic acids is 1. The lowest BCUT2D eigenvalue weighted by atomic mass is 10.2. The zero-order valence-corrected chi connectivity index (χ0v) is 17.6. The monoisotopic (exact) mass is 520 g/mol. The molecular weight excluding hydrogens is 512 g/mol. The molecule has 1 amide bonds. The Morgan fingerprint density at radius 1 is 1.19 bits per heavy atom. The summed E-state index contributed by atoms with van der Waals surface area (Å²) in [6.45, 7) is -0.267. The number of amides is 1. The Kier molecular flexibility index (Phi) is 7.39. The summed E-state index contributed by atoms with van der Waals surface area (Å²) in [7, 11) is 0. The number of carbonyl (C=O) groups is 2. The van der Waals surface area contributed by atoms with E-state index in [2.05, 4.69) is 42.5 Å². The molecule has 0 aromatic heterocycles. The van der Waals surface area contributed by atoms with Crippen LogP contribution >= 0.6 is 55.7 Å². The van der Waals surface area contributed by atoms with Crippen LogP contribution in [0.3, 0.4) is 0 Å². The Labute approximate surface area is 176 Å². The van der Waals surface area contributed by atoms with Gasteiger partial charge >= 0.3 is 5.97 Å². The van der Waals surface area contributed by atoms with Gasteiger partial charge in [-0.1, -0.05) is 27.5 Å². The summed E-state index contributed by atoms with van der Waals surface area (Å²) in [6, 6.07) is 9.61. The minimum absolute atomic E-state index is 0.0136. The van der Waals surface area contributed by atoms with Crippen LogP contribution in [-0.2, 0) is 4.79 Å². The van der Waals surface area contributed by atoms with Crippen LogP contribution in [0.2, 0.25) is 5.02 Å². The SMILES string of the molecule is O=C(COc1ccc(Cl)cc1)NC(=S)Nc1c(Br)cc(Br)cc1C(=O)O. The first-order valence-corrected chi connectivity index (χ1v) is 9.35. The third kappa shape index (κ3) is 5.94. The maximum Gasteiger partial charge on any atom is 0.337 e. The second kappa shape index (κ2) is 9.31. The van der Waals surface area contributed by atoms with E-state index in [9.17, 15) is 14.7 Å². The summed E-state index contributed by atoms with van der Waals surface area (Å²) >= 11 is 17.3. The van der Waals surface area contributed by atoms with Crippen LogP contribution in [0.5, 0.6) is 5.75 Å². The average molecular weight is 523 g/mol. The molecule has 0 aliphatic heterocycles. The van der Waals surface area contributed by atoms with Crippen molar-refractivity contribution in [2.45, 2.75) is 0 Å². The molecule has 0 aliphatic rings. The molecule has 2 aromatic rings. The van der Waals surface area contributed by atoms with Gasteiger partial charge in [0.05, 0.1) is 11.3 Å². The number of carboxylic acid groups (broad SMARTS) is 1. The highest BCUT2D eigenvalue weighted by Gasteiger charge is 2.16. The van der Waals surface area contributed by atoms with Gasteiger partial charge in [0, 0.05) is 14.0 Å². The number of nitrogens with one attached hydrogen (secondary N) is 2. The summed E-state index contributed by atoms with van der Waals surface area (Å²) in [5, 5.41) is 14.9. The molecule has 0 radical (unpaired) electrons. The molecule has 136 valence electrons. The fraction of sp³-hybridized carbons (Fsp3) is 0.0625. The highest BCUT2D eigenvalue weighted by molar-refractivity contribution is 9.11. The van der Waals surface area contributed by atoms with Gasteiger partial charge in [0.25, 0.3) is 5.91 Å². The quantitative estimate of drug-likeness (QED) is 0.503. The normalized spacial score (nSPS) is 10.1. The number of thiocarbonyl (C=S) groups is 1. The van der Waals surface area contributed by atoms with Crippen LogP contribution in [0.25, 0.3) is 0 Å². The van der Waals surface area contributed by atoms with Crippen LogP contribution in [0.4, 0.5) is 5.69 Å². The summed E-state index contributed by atoms with van der Waals surface area (Å²) < 4.78 is 6.36. The van der Waals surface area contributed by atoms with E-state index < -0.39 is 11.9 Å². The van der Waals surface area contributed by atoms with Crippen LogP contribution < -0.4 is 15.4 Å². The van der Waals surface area contributed by atoms with Crippen molar-refractivity contribution in [1.82, 2.24) is 5.32 Å². The Morgan fingerprint density at radius 3 is 2.46 bits per heavy atom. The van der Waals surface area contributed by atoms with E-state index >= 15 is 0 Å². The lowest BCUT2D eigenvalue weighted by molar-refractivity contribution is -0.121. The van der Waals surface area contributed by atoms with Gasteiger partial charge in [-0.2, -0.15) is 0 Å². The van der Waals surface area contributed by atoms with Gasteiger partial charge in [-0.3, -0.25) is 10.1 Å². The van der Waals surface area contributed by atoms with E-state index in [0.29, 0.717) is 19.7 Å². The highest BCUT2D eigenvalue weighted by Crippen LogP contribution is 2.30. The largest absolute Gasteiger partial charge is 0.484 e. The molecule has 2 rings (SSSR count). The summed E-state index contributed by atoms with van der Waals surface area (Å²) in [5.41, 5.74) is 0.213. The van der Waals surface area contributed by atoms with Gasteiger partial charge in [0.2, 0.25) is 0 Å².